The standard InChI is InChI=1S/C27H32F2N6O2/c1-2-5-24(32-26(36)14-19-12-21(28)15-22(29)13-19)27(37)33-25-17-35(18-31-25)11-10-34-9-7-20(16-34)23-6-3-4-8-30-23/h3-4,6,8,12-13,15,17-18,20,24H,2,5,7,9-11,14,16H2,1H3,(H,32,36)(H,33,37)/t20?,24-/m0/s1. The Morgan fingerprint density at radius 2 is 1.95 bits per heavy atom. The number of nitrogens with one attached hydrogen (secondary N) is 2. The van der Waals surface area contributed by atoms with Gasteiger partial charge >= 0.3 is 0 Å². The van der Waals surface area contributed by atoms with Crippen LogP contribution in [0.25, 0.3) is 0 Å². The normalized spacial score (nSPS) is 16.5. The van der Waals surface area contributed by atoms with E-state index >= 15 is 0 Å². The van der Waals surface area contributed by atoms with Crippen LogP contribution in [0.2, 0.25) is 0 Å². The number of anilines is 1. The number of nitrogens with zero attached hydrogens (tertiary/aromatic N) is 4. The van der Waals surface area contributed by atoms with Crippen LogP contribution in [0.1, 0.15) is 43.4 Å². The quantitative estimate of drug-likeness (QED) is 0.412. The molecule has 2 N–H and O–H groups in total. The van der Waals surface area contributed by atoms with E-state index < -0.39 is 23.6 Å². The van der Waals surface area contributed by atoms with Crippen LogP contribution in [0, 0.1) is 11.6 Å². The molecule has 1 aliphatic heterocycles. The Bertz CT molecular complexity index is 1180. The van der Waals surface area contributed by atoms with Gasteiger partial charge in [0.15, 0.2) is 5.82 Å². The number of likely N-dealkylation sites (tertiary alicyclic amines) is 1. The molecule has 2 amide bonds. The molecule has 1 unspecified atom stereocenters. The van der Waals surface area contributed by atoms with Gasteiger partial charge in [-0.05, 0) is 49.2 Å². The van der Waals surface area contributed by atoms with E-state index in [2.05, 4.69) is 31.6 Å². The summed E-state index contributed by atoms with van der Waals surface area (Å²) in [7, 11) is 0. The minimum Gasteiger partial charge on any atom is -0.344 e. The van der Waals surface area contributed by atoms with Crippen molar-refractivity contribution in [2.24, 2.45) is 0 Å². The molecule has 0 spiro atoms. The van der Waals surface area contributed by atoms with Gasteiger partial charge in [0.1, 0.15) is 17.7 Å². The number of hydrogen-bond donors (Lipinski definition) is 2. The highest BCUT2D eigenvalue weighted by Crippen LogP contribution is 2.25. The summed E-state index contributed by atoms with van der Waals surface area (Å²) in [4.78, 5) is 36.4. The lowest BCUT2D eigenvalue weighted by molar-refractivity contribution is -0.126. The van der Waals surface area contributed by atoms with Gasteiger partial charge in [-0.2, -0.15) is 0 Å². The molecule has 0 radical (unpaired) electrons. The fourth-order valence-corrected chi connectivity index (χ4v) is 4.61. The molecule has 3 aromatic rings. The Morgan fingerprint density at radius 3 is 2.68 bits per heavy atom. The molecule has 8 nitrogen and oxygen atoms in total. The second-order valence-corrected chi connectivity index (χ2v) is 9.39. The lowest BCUT2D eigenvalue weighted by Gasteiger charge is -2.17. The maximum atomic E-state index is 13.4. The van der Waals surface area contributed by atoms with Gasteiger partial charge in [-0.15, -0.1) is 0 Å². The first-order chi connectivity index (χ1) is 17.9. The van der Waals surface area contributed by atoms with Crippen LogP contribution in [-0.4, -0.2) is 56.9 Å². The SMILES string of the molecule is CCC[C@H](NC(=O)Cc1cc(F)cc(F)c1)C(=O)Nc1cn(CCN2CCC(c3ccccn3)C2)cn1. The first-order valence-corrected chi connectivity index (χ1v) is 12.6. The summed E-state index contributed by atoms with van der Waals surface area (Å²) >= 11 is 0. The lowest BCUT2D eigenvalue weighted by atomic mass is 10.0. The van der Waals surface area contributed by atoms with Crippen molar-refractivity contribution < 1.29 is 18.4 Å². The number of amides is 2. The van der Waals surface area contributed by atoms with Crippen molar-refractivity contribution in [3.05, 3.63) is 78.0 Å². The topological polar surface area (TPSA) is 92.2 Å². The predicted octanol–water partition coefficient (Wildman–Crippen LogP) is 3.51. The summed E-state index contributed by atoms with van der Waals surface area (Å²) < 4.78 is 28.8. The van der Waals surface area contributed by atoms with Gasteiger partial charge in [-0.25, -0.2) is 13.8 Å². The smallest absolute Gasteiger partial charge is 0.248 e. The number of imidazole rings is 1. The molecule has 0 aliphatic carbocycles. The summed E-state index contributed by atoms with van der Waals surface area (Å²) in [5.41, 5.74) is 1.34. The Hall–Kier alpha value is -3.66. The monoisotopic (exact) mass is 510 g/mol. The third-order valence-electron chi connectivity index (χ3n) is 6.45. The largest absolute Gasteiger partial charge is 0.344 e. The van der Waals surface area contributed by atoms with Crippen LogP contribution in [0.5, 0.6) is 0 Å². The number of rotatable bonds is 11. The van der Waals surface area contributed by atoms with Gasteiger partial charge in [0.05, 0.1) is 12.7 Å². The van der Waals surface area contributed by atoms with Gasteiger partial charge in [-0.1, -0.05) is 19.4 Å². The third kappa shape index (κ3) is 7.66. The van der Waals surface area contributed by atoms with Crippen LogP contribution in [0.3, 0.4) is 0 Å². The predicted molar refractivity (Wildman–Crippen MR) is 136 cm³/mol. The third-order valence-corrected chi connectivity index (χ3v) is 6.45. The van der Waals surface area contributed by atoms with E-state index in [-0.39, 0.29) is 17.9 Å². The molecule has 0 bridgehead atoms. The van der Waals surface area contributed by atoms with Gasteiger partial charge in [-0.3, -0.25) is 14.6 Å². The summed E-state index contributed by atoms with van der Waals surface area (Å²) in [5.74, 6) is -1.52. The molecular weight excluding hydrogens is 478 g/mol. The molecule has 2 atom stereocenters. The highest BCUT2D eigenvalue weighted by molar-refractivity contribution is 5.96. The zero-order valence-electron chi connectivity index (χ0n) is 20.9. The molecule has 0 saturated carbocycles. The first kappa shape index (κ1) is 26.4. The first-order valence-electron chi connectivity index (χ1n) is 12.6. The van der Waals surface area contributed by atoms with Gasteiger partial charge in [0.25, 0.3) is 0 Å². The van der Waals surface area contributed by atoms with E-state index in [1.54, 1.807) is 12.5 Å². The van der Waals surface area contributed by atoms with E-state index in [9.17, 15) is 18.4 Å². The fourth-order valence-electron chi connectivity index (χ4n) is 4.61. The van der Waals surface area contributed by atoms with Crippen molar-refractivity contribution in [3.8, 4) is 0 Å². The Kier molecular flexibility index (Phi) is 8.95. The van der Waals surface area contributed by atoms with Crippen LogP contribution >= 0.6 is 0 Å². The van der Waals surface area contributed by atoms with E-state index in [0.717, 1.165) is 56.5 Å². The van der Waals surface area contributed by atoms with Crippen molar-refractivity contribution in [2.45, 2.75) is 51.1 Å². The highest BCUT2D eigenvalue weighted by Gasteiger charge is 2.24. The van der Waals surface area contributed by atoms with Crippen LogP contribution in [-0.2, 0) is 22.6 Å². The Labute approximate surface area is 215 Å². The molecule has 1 fully saturated rings. The number of halogens is 2. The number of pyridine rings is 1. The highest BCUT2D eigenvalue weighted by atomic mass is 19.1. The second kappa shape index (κ2) is 12.5. The molecule has 37 heavy (non-hydrogen) atoms. The van der Waals surface area contributed by atoms with Crippen LogP contribution in [0.4, 0.5) is 14.6 Å². The van der Waals surface area contributed by atoms with Crippen molar-refractivity contribution in [1.29, 1.82) is 0 Å². The van der Waals surface area contributed by atoms with E-state index in [1.165, 1.54) is 0 Å². The van der Waals surface area contributed by atoms with E-state index in [4.69, 9.17) is 0 Å². The minimum absolute atomic E-state index is 0.203. The van der Waals surface area contributed by atoms with E-state index in [0.29, 0.717) is 24.6 Å². The van der Waals surface area contributed by atoms with Crippen LogP contribution < -0.4 is 10.6 Å². The summed E-state index contributed by atoms with van der Waals surface area (Å²) in [5, 5.41) is 5.43. The number of hydrogen-bond acceptors (Lipinski definition) is 5. The maximum absolute atomic E-state index is 13.4. The number of carbonyl (C=O) groups excluding carboxylic acids is 2. The van der Waals surface area contributed by atoms with Crippen molar-refractivity contribution in [2.75, 3.05) is 25.0 Å². The van der Waals surface area contributed by atoms with Crippen molar-refractivity contribution in [3.63, 3.8) is 0 Å². The van der Waals surface area contributed by atoms with E-state index in [1.807, 2.05) is 29.8 Å². The fraction of sp³-hybridized carbons (Fsp3) is 0.407. The molecule has 3 heterocycles. The van der Waals surface area contributed by atoms with Gasteiger partial charge in [0, 0.05) is 49.7 Å². The summed E-state index contributed by atoms with van der Waals surface area (Å²) in [6, 6.07) is 8.20. The molecule has 4 rings (SSSR count). The molecule has 1 aliphatic rings. The lowest BCUT2D eigenvalue weighted by Crippen LogP contribution is -2.44. The second-order valence-electron chi connectivity index (χ2n) is 9.39. The average molecular weight is 511 g/mol. The molecule has 1 aromatic carbocycles. The van der Waals surface area contributed by atoms with Crippen LogP contribution in [0.15, 0.2) is 55.1 Å². The van der Waals surface area contributed by atoms with Gasteiger partial charge in [0.2, 0.25) is 11.8 Å². The zero-order valence-corrected chi connectivity index (χ0v) is 20.9. The summed E-state index contributed by atoms with van der Waals surface area (Å²) in [6.07, 6.45) is 7.22. The molecule has 10 heteroatoms. The zero-order chi connectivity index (χ0) is 26.2. The van der Waals surface area contributed by atoms with Crippen molar-refractivity contribution in [1.82, 2.24) is 24.8 Å². The number of carbonyl (C=O) groups is 2. The molecule has 196 valence electrons. The molecular formula is C27H32F2N6O2. The number of benzene rings is 1. The molecule has 1 saturated heterocycles. The Balaban J connectivity index is 1.26. The van der Waals surface area contributed by atoms with Gasteiger partial charge < -0.3 is 20.1 Å². The number of aromatic nitrogens is 3. The average Bonchev–Trinajstić information content (AvgIpc) is 3.52. The molecule has 2 aromatic heterocycles. The minimum atomic E-state index is -0.783. The summed E-state index contributed by atoms with van der Waals surface area (Å²) in [6.45, 7) is 5.48. The Morgan fingerprint density at radius 1 is 1.14 bits per heavy atom. The maximum Gasteiger partial charge on any atom is 0.248 e. The van der Waals surface area contributed by atoms with Crippen molar-refractivity contribution >= 4 is 17.6 Å².